The summed E-state index contributed by atoms with van der Waals surface area (Å²) >= 11 is 0. The molecule has 2 amide bonds. The molecule has 0 radical (unpaired) electrons. The van der Waals surface area contributed by atoms with E-state index in [1.807, 2.05) is 0 Å². The van der Waals surface area contributed by atoms with E-state index >= 15 is 0 Å². The average Bonchev–Trinajstić information content (AvgIpc) is 3.07. The number of ether oxygens (including phenoxy) is 1. The Hall–Kier alpha value is -1.91. The van der Waals surface area contributed by atoms with Crippen LogP contribution < -0.4 is 21.1 Å². The van der Waals surface area contributed by atoms with E-state index in [1.54, 1.807) is 25.3 Å². The molecule has 0 aromatic heterocycles. The van der Waals surface area contributed by atoms with Crippen molar-refractivity contribution in [3.8, 4) is 5.75 Å². The normalized spacial score (nSPS) is 21.2. The van der Waals surface area contributed by atoms with Crippen LogP contribution in [0, 0.1) is 5.92 Å². The molecule has 2 rings (SSSR count). The number of amides is 2. The highest BCUT2D eigenvalue weighted by atomic mass is 16.5. The summed E-state index contributed by atoms with van der Waals surface area (Å²) in [6.45, 7) is 2.13. The molecule has 1 aliphatic carbocycles. The van der Waals surface area contributed by atoms with Gasteiger partial charge in [-0.15, -0.1) is 0 Å². The van der Waals surface area contributed by atoms with Crippen LogP contribution in [0.1, 0.15) is 19.8 Å². The molecule has 1 aromatic carbocycles. The maximum absolute atomic E-state index is 11.7. The molecule has 4 N–H and O–H groups in total. The first-order chi connectivity index (χ1) is 8.63. The number of carbonyl (C=O) groups excluding carboxylic acids is 1. The Morgan fingerprint density at radius 3 is 2.89 bits per heavy atom. The number of hydrogen-bond donors (Lipinski definition) is 3. The predicted molar refractivity (Wildman–Crippen MR) is 71.7 cm³/mol. The Bertz CT molecular complexity index is 448. The summed E-state index contributed by atoms with van der Waals surface area (Å²) in [4.78, 5) is 11.7. The first-order valence-corrected chi connectivity index (χ1v) is 6.15. The minimum Gasteiger partial charge on any atom is -0.495 e. The van der Waals surface area contributed by atoms with Crippen molar-refractivity contribution in [2.45, 2.75) is 25.8 Å². The number of benzene rings is 1. The van der Waals surface area contributed by atoms with E-state index in [-0.39, 0.29) is 6.03 Å². The highest BCUT2D eigenvalue weighted by Gasteiger charge is 2.36. The van der Waals surface area contributed by atoms with Crippen LogP contribution in [0.2, 0.25) is 0 Å². The zero-order valence-electron chi connectivity index (χ0n) is 10.7. The number of hydrogen-bond acceptors (Lipinski definition) is 3. The summed E-state index contributed by atoms with van der Waals surface area (Å²) in [6.07, 6.45) is 2.19. The minimum atomic E-state index is -0.180. The summed E-state index contributed by atoms with van der Waals surface area (Å²) in [5.41, 5.74) is 6.94. The molecule has 0 heterocycles. The van der Waals surface area contributed by atoms with Gasteiger partial charge in [0.2, 0.25) is 0 Å². The SMILES string of the molecule is CCC1CC1NC(=O)Nc1ccc(OC)c(N)c1. The lowest BCUT2D eigenvalue weighted by molar-refractivity contribution is 0.251. The standard InChI is InChI=1S/C13H19N3O2/c1-3-8-6-11(8)16-13(17)15-9-4-5-12(18-2)10(14)7-9/h4-5,7-8,11H,3,6,14H2,1-2H3,(H2,15,16,17). The Morgan fingerprint density at radius 2 is 2.33 bits per heavy atom. The second kappa shape index (κ2) is 5.16. The van der Waals surface area contributed by atoms with Crippen LogP contribution in [0.5, 0.6) is 5.75 Å². The van der Waals surface area contributed by atoms with Crippen LogP contribution in [0.15, 0.2) is 18.2 Å². The van der Waals surface area contributed by atoms with Crippen molar-refractivity contribution in [1.82, 2.24) is 5.32 Å². The number of rotatable bonds is 4. The van der Waals surface area contributed by atoms with Crippen molar-refractivity contribution >= 4 is 17.4 Å². The molecule has 1 fully saturated rings. The quantitative estimate of drug-likeness (QED) is 0.716. The maximum Gasteiger partial charge on any atom is 0.319 e. The van der Waals surface area contributed by atoms with Gasteiger partial charge in [-0.05, 0) is 30.5 Å². The van der Waals surface area contributed by atoms with Gasteiger partial charge < -0.3 is 21.1 Å². The smallest absolute Gasteiger partial charge is 0.319 e. The molecule has 2 unspecified atom stereocenters. The van der Waals surface area contributed by atoms with E-state index < -0.39 is 0 Å². The fourth-order valence-electron chi connectivity index (χ4n) is 2.02. The lowest BCUT2D eigenvalue weighted by atomic mass is 10.2. The molecule has 98 valence electrons. The molecule has 5 heteroatoms. The zero-order chi connectivity index (χ0) is 13.1. The molecule has 1 aromatic rings. The van der Waals surface area contributed by atoms with Crippen LogP contribution in [0.25, 0.3) is 0 Å². The Balaban J connectivity index is 1.89. The summed E-state index contributed by atoms with van der Waals surface area (Å²) in [7, 11) is 1.56. The third kappa shape index (κ3) is 2.85. The van der Waals surface area contributed by atoms with Gasteiger partial charge in [0.15, 0.2) is 0 Å². The van der Waals surface area contributed by atoms with Gasteiger partial charge in [-0.3, -0.25) is 0 Å². The molecule has 5 nitrogen and oxygen atoms in total. The first-order valence-electron chi connectivity index (χ1n) is 6.15. The Morgan fingerprint density at radius 1 is 1.56 bits per heavy atom. The number of urea groups is 1. The molecular weight excluding hydrogens is 230 g/mol. The predicted octanol–water partition coefficient (Wildman–Crippen LogP) is 2.20. The van der Waals surface area contributed by atoms with Gasteiger partial charge in [0.25, 0.3) is 0 Å². The number of carbonyl (C=O) groups is 1. The summed E-state index contributed by atoms with van der Waals surface area (Å²) in [5, 5.41) is 5.69. The highest BCUT2D eigenvalue weighted by Crippen LogP contribution is 2.33. The molecular formula is C13H19N3O2. The summed E-state index contributed by atoms with van der Waals surface area (Å²) in [5.74, 6) is 1.24. The average molecular weight is 249 g/mol. The van der Waals surface area contributed by atoms with Gasteiger partial charge >= 0.3 is 6.03 Å². The monoisotopic (exact) mass is 249 g/mol. The molecule has 0 saturated heterocycles. The lowest BCUT2D eigenvalue weighted by Gasteiger charge is -2.09. The molecule has 2 atom stereocenters. The van der Waals surface area contributed by atoms with E-state index in [0.29, 0.717) is 29.1 Å². The summed E-state index contributed by atoms with van der Waals surface area (Å²) < 4.78 is 5.05. The third-order valence-electron chi connectivity index (χ3n) is 3.25. The fourth-order valence-corrected chi connectivity index (χ4v) is 2.02. The number of anilines is 2. The summed E-state index contributed by atoms with van der Waals surface area (Å²) in [6, 6.07) is 5.32. The van der Waals surface area contributed by atoms with Gasteiger partial charge in [0, 0.05) is 11.7 Å². The largest absolute Gasteiger partial charge is 0.495 e. The van der Waals surface area contributed by atoms with E-state index in [4.69, 9.17) is 10.5 Å². The van der Waals surface area contributed by atoms with Crippen molar-refractivity contribution in [2.75, 3.05) is 18.2 Å². The molecule has 1 aliphatic rings. The molecule has 1 saturated carbocycles. The van der Waals surface area contributed by atoms with Crippen LogP contribution in [-0.2, 0) is 0 Å². The van der Waals surface area contributed by atoms with Gasteiger partial charge in [0.1, 0.15) is 5.75 Å². The van der Waals surface area contributed by atoms with Crippen molar-refractivity contribution in [3.05, 3.63) is 18.2 Å². The van der Waals surface area contributed by atoms with Crippen molar-refractivity contribution in [1.29, 1.82) is 0 Å². The van der Waals surface area contributed by atoms with E-state index in [2.05, 4.69) is 17.6 Å². The molecule has 0 spiro atoms. The number of nitrogens with one attached hydrogen (secondary N) is 2. The van der Waals surface area contributed by atoms with Crippen LogP contribution in [0.4, 0.5) is 16.2 Å². The maximum atomic E-state index is 11.7. The zero-order valence-corrected chi connectivity index (χ0v) is 10.7. The lowest BCUT2D eigenvalue weighted by Crippen LogP contribution is -2.31. The van der Waals surface area contributed by atoms with E-state index in [9.17, 15) is 4.79 Å². The highest BCUT2D eigenvalue weighted by molar-refractivity contribution is 5.90. The van der Waals surface area contributed by atoms with Crippen molar-refractivity contribution in [2.24, 2.45) is 5.92 Å². The van der Waals surface area contributed by atoms with E-state index in [0.717, 1.165) is 12.8 Å². The number of nitrogens with two attached hydrogens (primary N) is 1. The number of nitrogen functional groups attached to an aromatic ring is 1. The van der Waals surface area contributed by atoms with Gasteiger partial charge in [-0.2, -0.15) is 0 Å². The molecule has 0 bridgehead atoms. The minimum absolute atomic E-state index is 0.180. The second-order valence-corrected chi connectivity index (χ2v) is 4.57. The van der Waals surface area contributed by atoms with Crippen LogP contribution in [-0.4, -0.2) is 19.2 Å². The number of methoxy groups -OCH3 is 1. The van der Waals surface area contributed by atoms with Crippen LogP contribution >= 0.6 is 0 Å². The van der Waals surface area contributed by atoms with Gasteiger partial charge in [-0.25, -0.2) is 4.79 Å². The van der Waals surface area contributed by atoms with Gasteiger partial charge in [0.05, 0.1) is 12.8 Å². The third-order valence-corrected chi connectivity index (χ3v) is 3.25. The van der Waals surface area contributed by atoms with Crippen LogP contribution in [0.3, 0.4) is 0 Å². The fraction of sp³-hybridized carbons (Fsp3) is 0.462. The Labute approximate surface area is 107 Å². The van der Waals surface area contributed by atoms with Crippen molar-refractivity contribution in [3.63, 3.8) is 0 Å². The van der Waals surface area contributed by atoms with E-state index in [1.165, 1.54) is 0 Å². The van der Waals surface area contributed by atoms with Gasteiger partial charge in [-0.1, -0.05) is 13.3 Å². The second-order valence-electron chi connectivity index (χ2n) is 4.57. The first kappa shape index (κ1) is 12.5. The molecule has 18 heavy (non-hydrogen) atoms. The topological polar surface area (TPSA) is 76.4 Å². The molecule has 0 aliphatic heterocycles. The van der Waals surface area contributed by atoms with Crippen molar-refractivity contribution < 1.29 is 9.53 Å². The Kier molecular flexibility index (Phi) is 3.60.